The summed E-state index contributed by atoms with van der Waals surface area (Å²) in [5.74, 6) is -0.0521. The summed E-state index contributed by atoms with van der Waals surface area (Å²) in [6.45, 7) is 6.48. The van der Waals surface area contributed by atoms with Crippen molar-refractivity contribution in [2.24, 2.45) is 0 Å². The molecule has 0 unspecified atom stereocenters. The van der Waals surface area contributed by atoms with E-state index in [4.69, 9.17) is 14.2 Å². The summed E-state index contributed by atoms with van der Waals surface area (Å²) in [5, 5.41) is 2.89. The number of nitrogens with one attached hydrogen (secondary N) is 2. The minimum Gasteiger partial charge on any atom is -0.493 e. The van der Waals surface area contributed by atoms with Gasteiger partial charge in [0.2, 0.25) is 17.5 Å². The molecule has 49 heavy (non-hydrogen) atoms. The number of amides is 1. The second kappa shape index (κ2) is 15.6. The zero-order valence-corrected chi connectivity index (χ0v) is 28.5. The van der Waals surface area contributed by atoms with Crippen molar-refractivity contribution in [3.8, 4) is 34.8 Å². The van der Waals surface area contributed by atoms with Crippen LogP contribution in [0.15, 0.2) is 102 Å². The molecule has 0 spiro atoms. The molecule has 2 aromatic heterocycles. The molecule has 0 aliphatic carbocycles. The zero-order chi connectivity index (χ0) is 34.9. The Kier molecular flexibility index (Phi) is 11.0. The number of hydrogen-bond donors (Lipinski definition) is 2. The van der Waals surface area contributed by atoms with Crippen LogP contribution >= 0.6 is 0 Å². The highest BCUT2D eigenvalue weighted by molar-refractivity contribution is 7.92. The fourth-order valence-corrected chi connectivity index (χ4v) is 5.66. The molecule has 13 heteroatoms. The standard InChI is InChI=1S/C36H38N6O6S/c1-36(2,3)26-15-17-27(18-16-26)49(44,45)42-32-31(48-29-14-9-8-13-28(29)46-4)35(41-34(40-32)33-38-21-10-22-39-33)47-24-20-30(43)37-23-19-25-11-6-5-7-12-25/h5-18,21-22H,19-20,23-24H2,1-4H3,(H,37,43)(H,40,41,42). The van der Waals surface area contributed by atoms with Crippen LogP contribution in [-0.4, -0.2) is 54.5 Å². The van der Waals surface area contributed by atoms with Gasteiger partial charge in [0.05, 0.1) is 25.0 Å². The van der Waals surface area contributed by atoms with E-state index in [-0.39, 0.29) is 64.1 Å². The van der Waals surface area contributed by atoms with Gasteiger partial charge < -0.3 is 19.5 Å². The molecule has 0 aliphatic heterocycles. The summed E-state index contributed by atoms with van der Waals surface area (Å²) in [6, 6.07) is 24.9. The van der Waals surface area contributed by atoms with E-state index in [9.17, 15) is 13.2 Å². The van der Waals surface area contributed by atoms with Gasteiger partial charge >= 0.3 is 0 Å². The molecule has 12 nitrogen and oxygen atoms in total. The third-order valence-corrected chi connectivity index (χ3v) is 8.64. The van der Waals surface area contributed by atoms with Crippen LogP contribution in [-0.2, 0) is 26.7 Å². The van der Waals surface area contributed by atoms with Gasteiger partial charge in [-0.3, -0.25) is 9.52 Å². The van der Waals surface area contributed by atoms with Gasteiger partial charge in [0, 0.05) is 18.9 Å². The van der Waals surface area contributed by atoms with Gasteiger partial charge in [-0.15, -0.1) is 0 Å². The quantitative estimate of drug-likeness (QED) is 0.143. The van der Waals surface area contributed by atoms with Gasteiger partial charge in [-0.2, -0.15) is 4.98 Å². The SMILES string of the molecule is COc1ccccc1Oc1c(NS(=O)(=O)c2ccc(C(C)(C)C)cc2)nc(-c2ncccn2)nc1OCCC(=O)NCCc1ccccc1. The normalized spacial score (nSPS) is 11.4. The lowest BCUT2D eigenvalue weighted by Gasteiger charge is -2.20. The first kappa shape index (κ1) is 34.8. The van der Waals surface area contributed by atoms with Crippen molar-refractivity contribution in [1.82, 2.24) is 25.3 Å². The molecule has 0 saturated heterocycles. The number of aromatic nitrogens is 4. The lowest BCUT2D eigenvalue weighted by Crippen LogP contribution is -2.27. The Balaban J connectivity index is 1.48. The number of carbonyl (C=O) groups excluding carboxylic acids is 1. The lowest BCUT2D eigenvalue weighted by atomic mass is 9.87. The molecule has 0 saturated carbocycles. The van der Waals surface area contributed by atoms with Crippen LogP contribution in [0.3, 0.4) is 0 Å². The van der Waals surface area contributed by atoms with Crippen molar-refractivity contribution in [3.05, 3.63) is 108 Å². The predicted molar refractivity (Wildman–Crippen MR) is 185 cm³/mol. The summed E-state index contributed by atoms with van der Waals surface area (Å²) in [6.07, 6.45) is 3.68. The molecular weight excluding hydrogens is 644 g/mol. The van der Waals surface area contributed by atoms with Crippen LogP contribution in [0.4, 0.5) is 5.82 Å². The van der Waals surface area contributed by atoms with E-state index < -0.39 is 10.0 Å². The number of rotatable bonds is 14. The second-order valence-corrected chi connectivity index (χ2v) is 13.6. The first-order valence-electron chi connectivity index (χ1n) is 15.6. The molecule has 0 bridgehead atoms. The summed E-state index contributed by atoms with van der Waals surface area (Å²) in [7, 11) is -2.72. The smallest absolute Gasteiger partial charge is 0.263 e. The number of ether oxygens (including phenoxy) is 3. The molecule has 0 atom stereocenters. The zero-order valence-electron chi connectivity index (χ0n) is 27.7. The summed E-state index contributed by atoms with van der Waals surface area (Å²) in [5.41, 5.74) is 1.90. The van der Waals surface area contributed by atoms with Crippen LogP contribution in [0.1, 0.15) is 38.3 Å². The Morgan fingerprint density at radius 1 is 0.816 bits per heavy atom. The maximum Gasteiger partial charge on any atom is 0.263 e. The molecule has 0 radical (unpaired) electrons. The number of methoxy groups -OCH3 is 1. The Bertz CT molecular complexity index is 1970. The van der Waals surface area contributed by atoms with Gasteiger partial charge in [-0.05, 0) is 53.3 Å². The van der Waals surface area contributed by atoms with Gasteiger partial charge in [0.15, 0.2) is 23.1 Å². The second-order valence-electron chi connectivity index (χ2n) is 11.9. The van der Waals surface area contributed by atoms with E-state index in [0.29, 0.717) is 18.7 Å². The first-order chi connectivity index (χ1) is 23.5. The summed E-state index contributed by atoms with van der Waals surface area (Å²) in [4.78, 5) is 30.1. The highest BCUT2D eigenvalue weighted by Gasteiger charge is 2.26. The van der Waals surface area contributed by atoms with Gasteiger partial charge in [-0.25, -0.2) is 23.4 Å². The molecule has 3 aromatic carbocycles. The van der Waals surface area contributed by atoms with Crippen LogP contribution in [0.25, 0.3) is 11.6 Å². The van der Waals surface area contributed by atoms with Gasteiger partial charge in [0.1, 0.15) is 0 Å². The van der Waals surface area contributed by atoms with Gasteiger partial charge in [0.25, 0.3) is 15.9 Å². The highest BCUT2D eigenvalue weighted by atomic mass is 32.2. The first-order valence-corrected chi connectivity index (χ1v) is 17.1. The molecule has 5 rings (SSSR count). The molecular formula is C36H38N6O6S. The average Bonchev–Trinajstić information content (AvgIpc) is 3.10. The Labute approximate surface area is 286 Å². The van der Waals surface area contributed by atoms with E-state index in [1.165, 1.54) is 31.6 Å². The van der Waals surface area contributed by atoms with Crippen LogP contribution in [0, 0.1) is 0 Å². The Hall–Kier alpha value is -5.56. The fourth-order valence-electron chi connectivity index (χ4n) is 4.66. The van der Waals surface area contributed by atoms with Crippen molar-refractivity contribution in [3.63, 3.8) is 0 Å². The molecule has 0 aliphatic rings. The van der Waals surface area contributed by atoms with Crippen molar-refractivity contribution in [2.75, 3.05) is 25.0 Å². The largest absolute Gasteiger partial charge is 0.493 e. The fraction of sp³-hybridized carbons (Fsp3) is 0.250. The monoisotopic (exact) mass is 682 g/mol. The third kappa shape index (κ3) is 9.29. The van der Waals surface area contributed by atoms with E-state index in [0.717, 1.165) is 11.1 Å². The van der Waals surface area contributed by atoms with E-state index in [2.05, 4.69) is 30.0 Å². The van der Waals surface area contributed by atoms with Crippen molar-refractivity contribution < 1.29 is 27.4 Å². The number of benzene rings is 3. The number of hydrogen-bond acceptors (Lipinski definition) is 10. The summed E-state index contributed by atoms with van der Waals surface area (Å²) >= 11 is 0. The number of carbonyl (C=O) groups is 1. The maximum absolute atomic E-state index is 13.8. The number of anilines is 1. The summed E-state index contributed by atoms with van der Waals surface area (Å²) < 4.78 is 47.8. The predicted octanol–water partition coefficient (Wildman–Crippen LogP) is 5.96. The highest BCUT2D eigenvalue weighted by Crippen LogP contribution is 2.41. The minimum absolute atomic E-state index is 0.00868. The van der Waals surface area contributed by atoms with Crippen LogP contribution in [0.5, 0.6) is 23.1 Å². The topological polar surface area (TPSA) is 155 Å². The molecule has 0 fully saturated rings. The molecule has 2 heterocycles. The lowest BCUT2D eigenvalue weighted by molar-refractivity contribution is -0.121. The van der Waals surface area contributed by atoms with Crippen LogP contribution < -0.4 is 24.2 Å². The third-order valence-electron chi connectivity index (χ3n) is 7.29. The van der Waals surface area contributed by atoms with Crippen molar-refractivity contribution in [2.45, 2.75) is 43.9 Å². The van der Waals surface area contributed by atoms with Crippen molar-refractivity contribution in [1.29, 1.82) is 0 Å². The number of sulfonamides is 1. The van der Waals surface area contributed by atoms with E-state index in [1.807, 2.05) is 51.1 Å². The van der Waals surface area contributed by atoms with Crippen LogP contribution in [0.2, 0.25) is 0 Å². The average molecular weight is 683 g/mol. The molecule has 2 N–H and O–H groups in total. The van der Waals surface area contributed by atoms with E-state index >= 15 is 0 Å². The van der Waals surface area contributed by atoms with E-state index in [1.54, 1.807) is 42.5 Å². The number of para-hydroxylation sites is 2. The van der Waals surface area contributed by atoms with Crippen molar-refractivity contribution >= 4 is 21.7 Å². The maximum atomic E-state index is 13.8. The number of nitrogens with zero attached hydrogens (tertiary/aromatic N) is 4. The molecule has 5 aromatic rings. The Morgan fingerprint density at radius 3 is 2.16 bits per heavy atom. The Morgan fingerprint density at radius 2 is 1.49 bits per heavy atom. The molecule has 1 amide bonds. The molecule has 254 valence electrons. The van der Waals surface area contributed by atoms with Gasteiger partial charge in [-0.1, -0.05) is 75.4 Å². The minimum atomic E-state index is -4.20.